The van der Waals surface area contributed by atoms with Crippen LogP contribution >= 0.6 is 0 Å². The number of halogens is 4. The number of hydrogen-bond acceptors (Lipinski definition) is 2. The van der Waals surface area contributed by atoms with Gasteiger partial charge in [-0.3, -0.25) is 4.68 Å². The monoisotopic (exact) mass is 384 g/mol. The number of alkyl halides is 3. The van der Waals surface area contributed by atoms with Crippen molar-refractivity contribution in [2.45, 2.75) is 44.9 Å². The van der Waals surface area contributed by atoms with E-state index in [1.807, 2.05) is 0 Å². The quantitative estimate of drug-likeness (QED) is 0.776. The molecule has 3 rings (SSSR count). The number of rotatable bonds is 5. The molecule has 0 saturated heterocycles. The summed E-state index contributed by atoms with van der Waals surface area (Å²) in [4.78, 5) is 11.8. The summed E-state index contributed by atoms with van der Waals surface area (Å²) in [6.45, 7) is 0.546. The number of carbonyl (C=O) groups is 1. The van der Waals surface area contributed by atoms with E-state index in [-0.39, 0.29) is 31.0 Å². The van der Waals surface area contributed by atoms with Crippen molar-refractivity contribution in [1.29, 1.82) is 0 Å². The number of fused-ring (bicyclic) bond motifs is 1. The number of hydrogen-bond donors (Lipinski definition) is 2. The zero-order chi connectivity index (χ0) is 19.4. The SMILES string of the molecule is O=C(NCCn1nc(C(F)(F)F)c2c1CCCC2)NCc1ccc(F)cc1. The Morgan fingerprint density at radius 2 is 1.81 bits per heavy atom. The first-order valence-electron chi connectivity index (χ1n) is 8.76. The zero-order valence-electron chi connectivity index (χ0n) is 14.6. The van der Waals surface area contributed by atoms with Crippen molar-refractivity contribution in [1.82, 2.24) is 20.4 Å². The molecule has 0 aliphatic heterocycles. The van der Waals surface area contributed by atoms with Gasteiger partial charge in [-0.05, 0) is 43.4 Å². The van der Waals surface area contributed by atoms with E-state index >= 15 is 0 Å². The third kappa shape index (κ3) is 4.78. The molecule has 0 atom stereocenters. The lowest BCUT2D eigenvalue weighted by atomic mass is 9.95. The maximum absolute atomic E-state index is 13.1. The van der Waals surface area contributed by atoms with E-state index in [0.29, 0.717) is 18.5 Å². The van der Waals surface area contributed by atoms with Gasteiger partial charge in [-0.2, -0.15) is 18.3 Å². The van der Waals surface area contributed by atoms with Gasteiger partial charge in [0.25, 0.3) is 0 Å². The molecular formula is C18H20F4N4O. The van der Waals surface area contributed by atoms with Crippen molar-refractivity contribution in [3.63, 3.8) is 0 Å². The van der Waals surface area contributed by atoms with Crippen LogP contribution in [-0.2, 0) is 32.1 Å². The normalized spacial score (nSPS) is 13.9. The summed E-state index contributed by atoms with van der Waals surface area (Å²) < 4.78 is 53.6. The van der Waals surface area contributed by atoms with Crippen molar-refractivity contribution < 1.29 is 22.4 Å². The Labute approximate surface area is 153 Å². The van der Waals surface area contributed by atoms with E-state index in [4.69, 9.17) is 0 Å². The second kappa shape index (κ2) is 7.98. The summed E-state index contributed by atoms with van der Waals surface area (Å²) in [5, 5.41) is 8.96. The maximum Gasteiger partial charge on any atom is 0.435 e. The van der Waals surface area contributed by atoms with Gasteiger partial charge in [0.1, 0.15) is 5.82 Å². The minimum absolute atomic E-state index is 0.153. The van der Waals surface area contributed by atoms with Crippen molar-refractivity contribution >= 4 is 6.03 Å². The van der Waals surface area contributed by atoms with Crippen molar-refractivity contribution in [2.24, 2.45) is 0 Å². The standard InChI is InChI=1S/C18H20F4N4O/c19-13-7-5-12(6-8-13)11-24-17(27)23-9-10-26-15-4-2-1-3-14(15)16(25-26)18(20,21)22/h5-8H,1-4,9-11H2,(H2,23,24,27). The van der Waals surface area contributed by atoms with Gasteiger partial charge in [-0.15, -0.1) is 0 Å². The van der Waals surface area contributed by atoms with Crippen molar-refractivity contribution in [2.75, 3.05) is 6.54 Å². The Bertz CT molecular complexity index is 799. The third-order valence-electron chi connectivity index (χ3n) is 4.50. The highest BCUT2D eigenvalue weighted by molar-refractivity contribution is 5.73. The summed E-state index contributed by atoms with van der Waals surface area (Å²) in [5.41, 5.74) is 0.831. The minimum Gasteiger partial charge on any atom is -0.336 e. The second-order valence-corrected chi connectivity index (χ2v) is 6.44. The minimum atomic E-state index is -4.47. The molecule has 0 radical (unpaired) electrons. The molecule has 1 aromatic carbocycles. The molecule has 1 aliphatic rings. The van der Waals surface area contributed by atoms with Crippen molar-refractivity contribution in [3.8, 4) is 0 Å². The van der Waals surface area contributed by atoms with Crippen LogP contribution in [-0.4, -0.2) is 22.4 Å². The molecule has 0 saturated carbocycles. The van der Waals surface area contributed by atoms with E-state index in [1.165, 1.54) is 16.8 Å². The van der Waals surface area contributed by atoms with Crippen LogP contribution in [0.4, 0.5) is 22.4 Å². The average Bonchev–Trinajstić information content (AvgIpc) is 3.01. The van der Waals surface area contributed by atoms with Crippen LogP contribution in [0, 0.1) is 5.82 Å². The van der Waals surface area contributed by atoms with Crippen LogP contribution in [0.15, 0.2) is 24.3 Å². The summed E-state index contributed by atoms with van der Waals surface area (Å²) in [6, 6.07) is 5.27. The lowest BCUT2D eigenvalue weighted by molar-refractivity contribution is -0.142. The van der Waals surface area contributed by atoms with E-state index < -0.39 is 17.9 Å². The number of benzene rings is 1. The Morgan fingerprint density at radius 1 is 1.11 bits per heavy atom. The molecule has 2 aromatic rings. The molecule has 27 heavy (non-hydrogen) atoms. The molecule has 1 aromatic heterocycles. The molecule has 9 heteroatoms. The van der Waals surface area contributed by atoms with Crippen LogP contribution in [0.1, 0.15) is 35.4 Å². The molecule has 2 amide bonds. The lowest BCUT2D eigenvalue weighted by Crippen LogP contribution is -2.37. The van der Waals surface area contributed by atoms with Gasteiger partial charge < -0.3 is 10.6 Å². The lowest BCUT2D eigenvalue weighted by Gasteiger charge is -2.15. The van der Waals surface area contributed by atoms with E-state index in [1.54, 1.807) is 12.1 Å². The van der Waals surface area contributed by atoms with E-state index in [2.05, 4.69) is 15.7 Å². The highest BCUT2D eigenvalue weighted by Crippen LogP contribution is 2.35. The summed E-state index contributed by atoms with van der Waals surface area (Å²) in [6.07, 6.45) is -1.95. The number of nitrogens with one attached hydrogen (secondary N) is 2. The van der Waals surface area contributed by atoms with Gasteiger partial charge in [0.2, 0.25) is 0 Å². The van der Waals surface area contributed by atoms with Gasteiger partial charge in [-0.1, -0.05) is 12.1 Å². The largest absolute Gasteiger partial charge is 0.435 e. The fourth-order valence-electron chi connectivity index (χ4n) is 3.21. The van der Waals surface area contributed by atoms with Gasteiger partial charge in [0.15, 0.2) is 5.69 Å². The zero-order valence-corrected chi connectivity index (χ0v) is 14.6. The summed E-state index contributed by atoms with van der Waals surface area (Å²) >= 11 is 0. The number of carbonyl (C=O) groups excluding carboxylic acids is 1. The average molecular weight is 384 g/mol. The highest BCUT2D eigenvalue weighted by Gasteiger charge is 2.39. The molecule has 0 unspecified atom stereocenters. The molecule has 1 heterocycles. The first-order valence-corrected chi connectivity index (χ1v) is 8.76. The van der Waals surface area contributed by atoms with Crippen LogP contribution in [0.5, 0.6) is 0 Å². The molecule has 1 aliphatic carbocycles. The predicted octanol–water partition coefficient (Wildman–Crippen LogP) is 3.42. The van der Waals surface area contributed by atoms with Gasteiger partial charge >= 0.3 is 12.2 Å². The first kappa shape index (κ1) is 19.2. The van der Waals surface area contributed by atoms with Crippen molar-refractivity contribution in [3.05, 3.63) is 52.6 Å². The smallest absolute Gasteiger partial charge is 0.336 e. The van der Waals surface area contributed by atoms with Gasteiger partial charge in [0.05, 0.1) is 6.54 Å². The second-order valence-electron chi connectivity index (χ2n) is 6.44. The maximum atomic E-state index is 13.1. The fraction of sp³-hybridized carbons (Fsp3) is 0.444. The first-order chi connectivity index (χ1) is 12.8. The predicted molar refractivity (Wildman–Crippen MR) is 90.5 cm³/mol. The highest BCUT2D eigenvalue weighted by atomic mass is 19.4. The number of nitrogens with zero attached hydrogens (tertiary/aromatic N) is 2. The Morgan fingerprint density at radius 3 is 2.52 bits per heavy atom. The van der Waals surface area contributed by atoms with Crippen LogP contribution < -0.4 is 10.6 Å². The Hall–Kier alpha value is -2.58. The summed E-state index contributed by atoms with van der Waals surface area (Å²) in [7, 11) is 0. The molecular weight excluding hydrogens is 364 g/mol. The fourth-order valence-corrected chi connectivity index (χ4v) is 3.21. The van der Waals surface area contributed by atoms with Gasteiger partial charge in [0, 0.05) is 24.3 Å². The number of amides is 2. The molecule has 146 valence electrons. The van der Waals surface area contributed by atoms with E-state index in [9.17, 15) is 22.4 Å². The molecule has 0 bridgehead atoms. The number of urea groups is 1. The van der Waals surface area contributed by atoms with Crippen LogP contribution in [0.2, 0.25) is 0 Å². The van der Waals surface area contributed by atoms with Gasteiger partial charge in [-0.25, -0.2) is 9.18 Å². The molecule has 0 spiro atoms. The third-order valence-corrected chi connectivity index (χ3v) is 4.50. The van der Waals surface area contributed by atoms with Crippen LogP contribution in [0.25, 0.3) is 0 Å². The molecule has 0 fully saturated rings. The topological polar surface area (TPSA) is 59.0 Å². The van der Waals surface area contributed by atoms with Crippen LogP contribution in [0.3, 0.4) is 0 Å². The molecule has 5 nitrogen and oxygen atoms in total. The van der Waals surface area contributed by atoms with E-state index in [0.717, 1.165) is 18.4 Å². The molecule has 2 N–H and O–H groups in total. The Balaban J connectivity index is 1.53. The summed E-state index contributed by atoms with van der Waals surface area (Å²) in [5.74, 6) is -0.357. The number of aromatic nitrogens is 2. The Kier molecular flexibility index (Phi) is 5.67.